The van der Waals surface area contributed by atoms with Crippen molar-refractivity contribution in [2.24, 2.45) is 5.92 Å². The fourth-order valence-electron chi connectivity index (χ4n) is 1.74. The second-order valence-electron chi connectivity index (χ2n) is 4.03. The zero-order valence-corrected chi connectivity index (χ0v) is 8.01. The first-order valence-corrected chi connectivity index (χ1v) is 4.76. The van der Waals surface area contributed by atoms with Gasteiger partial charge in [0, 0.05) is 0 Å². The van der Waals surface area contributed by atoms with E-state index in [4.69, 9.17) is 0 Å². The van der Waals surface area contributed by atoms with Crippen LogP contribution in [0.4, 0.5) is 0 Å². The average molecular weight is 181 g/mol. The summed E-state index contributed by atoms with van der Waals surface area (Å²) in [7, 11) is 0. The summed E-state index contributed by atoms with van der Waals surface area (Å²) in [6, 6.07) is 0.509. The molecule has 0 unspecified atom stereocenters. The SMILES string of the molecule is CC1CC(n2cc([C@@H](C)O)nn2)C1. The molecule has 0 aliphatic heterocycles. The Morgan fingerprint density at radius 3 is 2.77 bits per heavy atom. The Morgan fingerprint density at radius 2 is 2.31 bits per heavy atom. The summed E-state index contributed by atoms with van der Waals surface area (Å²) in [4.78, 5) is 0. The lowest BCUT2D eigenvalue weighted by atomic mass is 9.82. The summed E-state index contributed by atoms with van der Waals surface area (Å²) in [5, 5.41) is 17.2. The average Bonchev–Trinajstić information content (AvgIpc) is 2.46. The van der Waals surface area contributed by atoms with E-state index in [0.29, 0.717) is 11.7 Å². The van der Waals surface area contributed by atoms with Crippen molar-refractivity contribution in [2.75, 3.05) is 0 Å². The molecule has 1 aliphatic carbocycles. The Balaban J connectivity index is 2.06. The van der Waals surface area contributed by atoms with Crippen LogP contribution in [-0.4, -0.2) is 20.1 Å². The van der Waals surface area contributed by atoms with Crippen LogP contribution in [0.2, 0.25) is 0 Å². The Morgan fingerprint density at radius 1 is 1.62 bits per heavy atom. The molecule has 0 spiro atoms. The number of rotatable bonds is 2. The second kappa shape index (κ2) is 3.10. The second-order valence-corrected chi connectivity index (χ2v) is 4.03. The normalized spacial score (nSPS) is 29.8. The molecule has 0 aromatic carbocycles. The van der Waals surface area contributed by atoms with Gasteiger partial charge in [0.15, 0.2) is 0 Å². The molecule has 13 heavy (non-hydrogen) atoms. The van der Waals surface area contributed by atoms with E-state index in [-0.39, 0.29) is 0 Å². The molecule has 1 aliphatic rings. The lowest BCUT2D eigenvalue weighted by Gasteiger charge is -2.32. The molecule has 4 heteroatoms. The predicted molar refractivity (Wildman–Crippen MR) is 48.1 cm³/mol. The first-order valence-electron chi connectivity index (χ1n) is 4.76. The van der Waals surface area contributed by atoms with Crippen LogP contribution in [0.25, 0.3) is 0 Å². The van der Waals surface area contributed by atoms with E-state index in [1.807, 2.05) is 10.9 Å². The maximum atomic E-state index is 9.25. The lowest BCUT2D eigenvalue weighted by Crippen LogP contribution is -2.25. The number of aromatic nitrogens is 3. The van der Waals surface area contributed by atoms with Crippen molar-refractivity contribution in [3.63, 3.8) is 0 Å². The van der Waals surface area contributed by atoms with Crippen molar-refractivity contribution in [2.45, 2.75) is 38.8 Å². The van der Waals surface area contributed by atoms with Gasteiger partial charge in [-0.2, -0.15) is 0 Å². The molecule has 0 radical (unpaired) electrons. The highest BCUT2D eigenvalue weighted by Gasteiger charge is 2.27. The van der Waals surface area contributed by atoms with E-state index in [2.05, 4.69) is 17.2 Å². The minimum absolute atomic E-state index is 0.508. The van der Waals surface area contributed by atoms with Gasteiger partial charge in [-0.1, -0.05) is 12.1 Å². The van der Waals surface area contributed by atoms with Crippen molar-refractivity contribution in [3.05, 3.63) is 11.9 Å². The molecule has 1 aromatic heterocycles. The van der Waals surface area contributed by atoms with Crippen molar-refractivity contribution in [1.29, 1.82) is 0 Å². The lowest BCUT2D eigenvalue weighted by molar-refractivity contribution is 0.192. The Hall–Kier alpha value is -0.900. The van der Waals surface area contributed by atoms with Gasteiger partial charge in [0.25, 0.3) is 0 Å². The molecule has 1 atom stereocenters. The van der Waals surface area contributed by atoms with E-state index in [1.165, 1.54) is 12.8 Å². The third-order valence-electron chi connectivity index (χ3n) is 2.68. The molecule has 1 aromatic rings. The topological polar surface area (TPSA) is 50.9 Å². The molecular formula is C9H15N3O. The van der Waals surface area contributed by atoms with Crippen LogP contribution < -0.4 is 0 Å². The highest BCUT2D eigenvalue weighted by Crippen LogP contribution is 2.36. The standard InChI is InChI=1S/C9H15N3O/c1-6-3-8(4-6)12-5-9(7(2)13)10-11-12/h5-8,13H,3-4H2,1-2H3/t6?,7-,8?/m1/s1. The zero-order valence-electron chi connectivity index (χ0n) is 8.01. The van der Waals surface area contributed by atoms with E-state index in [1.54, 1.807) is 6.92 Å². The molecule has 0 amide bonds. The molecule has 2 rings (SSSR count). The van der Waals surface area contributed by atoms with Crippen LogP contribution >= 0.6 is 0 Å². The van der Waals surface area contributed by atoms with Gasteiger partial charge in [0.1, 0.15) is 5.69 Å². The minimum atomic E-state index is -0.508. The summed E-state index contributed by atoms with van der Waals surface area (Å²) >= 11 is 0. The Bertz CT molecular complexity index is 289. The molecular weight excluding hydrogens is 166 g/mol. The first-order chi connectivity index (χ1) is 6.16. The summed E-state index contributed by atoms with van der Waals surface area (Å²) in [5.74, 6) is 0.809. The maximum Gasteiger partial charge on any atom is 0.111 e. The molecule has 1 N–H and O–H groups in total. The van der Waals surface area contributed by atoms with Crippen molar-refractivity contribution < 1.29 is 5.11 Å². The fourth-order valence-corrected chi connectivity index (χ4v) is 1.74. The van der Waals surface area contributed by atoms with E-state index in [9.17, 15) is 5.11 Å². The van der Waals surface area contributed by atoms with Crippen LogP contribution in [0.5, 0.6) is 0 Å². The summed E-state index contributed by atoms with van der Waals surface area (Å²) in [5.41, 5.74) is 0.666. The monoisotopic (exact) mass is 181 g/mol. The van der Waals surface area contributed by atoms with Gasteiger partial charge < -0.3 is 5.11 Å². The van der Waals surface area contributed by atoms with Crippen LogP contribution in [0.1, 0.15) is 44.5 Å². The summed E-state index contributed by atoms with van der Waals surface area (Å²) < 4.78 is 1.88. The van der Waals surface area contributed by atoms with E-state index in [0.717, 1.165) is 5.92 Å². The quantitative estimate of drug-likeness (QED) is 0.748. The van der Waals surface area contributed by atoms with Crippen LogP contribution in [0, 0.1) is 5.92 Å². The number of hydrogen-bond acceptors (Lipinski definition) is 3. The Kier molecular flexibility index (Phi) is 2.07. The van der Waals surface area contributed by atoms with Gasteiger partial charge in [-0.15, -0.1) is 5.10 Å². The van der Waals surface area contributed by atoms with Crippen molar-refractivity contribution >= 4 is 0 Å². The molecule has 0 saturated heterocycles. The third kappa shape index (κ3) is 1.58. The maximum absolute atomic E-state index is 9.25. The number of hydrogen-bond donors (Lipinski definition) is 1. The van der Waals surface area contributed by atoms with Gasteiger partial charge in [-0.25, -0.2) is 4.68 Å². The number of aliphatic hydroxyl groups excluding tert-OH is 1. The van der Waals surface area contributed by atoms with Gasteiger partial charge in [0.2, 0.25) is 0 Å². The van der Waals surface area contributed by atoms with Crippen LogP contribution in [-0.2, 0) is 0 Å². The van der Waals surface area contributed by atoms with Crippen LogP contribution in [0.15, 0.2) is 6.20 Å². The fraction of sp³-hybridized carbons (Fsp3) is 0.778. The molecule has 4 nitrogen and oxygen atoms in total. The zero-order chi connectivity index (χ0) is 9.42. The first kappa shape index (κ1) is 8.69. The predicted octanol–water partition coefficient (Wildman–Crippen LogP) is 1.30. The molecule has 72 valence electrons. The minimum Gasteiger partial charge on any atom is -0.387 e. The molecule has 1 fully saturated rings. The summed E-state index contributed by atoms with van der Waals surface area (Å²) in [6.45, 7) is 3.95. The van der Waals surface area contributed by atoms with Gasteiger partial charge >= 0.3 is 0 Å². The highest BCUT2D eigenvalue weighted by atomic mass is 16.3. The van der Waals surface area contributed by atoms with E-state index >= 15 is 0 Å². The highest BCUT2D eigenvalue weighted by molar-refractivity contribution is 4.97. The smallest absolute Gasteiger partial charge is 0.111 e. The molecule has 1 saturated carbocycles. The van der Waals surface area contributed by atoms with Crippen LogP contribution in [0.3, 0.4) is 0 Å². The molecule has 0 bridgehead atoms. The van der Waals surface area contributed by atoms with Gasteiger partial charge in [0.05, 0.1) is 18.3 Å². The number of aliphatic hydroxyl groups is 1. The molecule has 1 heterocycles. The largest absolute Gasteiger partial charge is 0.387 e. The summed E-state index contributed by atoms with van der Waals surface area (Å²) in [6.07, 6.45) is 3.71. The van der Waals surface area contributed by atoms with Gasteiger partial charge in [-0.3, -0.25) is 0 Å². The van der Waals surface area contributed by atoms with Gasteiger partial charge in [-0.05, 0) is 25.7 Å². The van der Waals surface area contributed by atoms with E-state index < -0.39 is 6.10 Å². The van der Waals surface area contributed by atoms with Crippen molar-refractivity contribution in [3.8, 4) is 0 Å². The number of nitrogens with zero attached hydrogens (tertiary/aromatic N) is 3. The third-order valence-corrected chi connectivity index (χ3v) is 2.68. The van der Waals surface area contributed by atoms with Crippen molar-refractivity contribution in [1.82, 2.24) is 15.0 Å². The Labute approximate surface area is 77.6 Å².